The van der Waals surface area contributed by atoms with Gasteiger partial charge < -0.3 is 10.8 Å². The molecule has 0 saturated carbocycles. The molecule has 3 aromatic rings. The number of carboxylic acids is 1. The maximum atomic E-state index is 11.0. The summed E-state index contributed by atoms with van der Waals surface area (Å²) in [4.78, 5) is 11.0. The van der Waals surface area contributed by atoms with Crippen LogP contribution in [0, 0.1) is 0 Å². The van der Waals surface area contributed by atoms with Crippen molar-refractivity contribution in [3.8, 4) is 11.1 Å². The molecule has 1 unspecified atom stereocenters. The van der Waals surface area contributed by atoms with Crippen LogP contribution in [-0.4, -0.2) is 21.3 Å². The van der Waals surface area contributed by atoms with Crippen LogP contribution in [0.4, 0.5) is 5.82 Å². The molecule has 4 N–H and O–H groups in total. The summed E-state index contributed by atoms with van der Waals surface area (Å²) in [5, 5.41) is 16.8. The number of nitrogens with two attached hydrogens (primary N) is 1. The molecule has 2 aromatic carbocycles. The number of rotatable bonds is 3. The standard InChI is InChI=1S/C16H15N3O2/c1-9(16(20)21)10-5-7-11(8-6-10)12-3-2-4-13-14(12)15(17)19-18-13/h2-9H,1H3,(H,20,21)(H3,17,18,19). The first kappa shape index (κ1) is 13.2. The number of H-pyrrole nitrogens is 1. The SMILES string of the molecule is CC(C(=O)O)c1ccc(-c2cccc3[nH]nc(N)c23)cc1. The molecule has 5 heteroatoms. The highest BCUT2D eigenvalue weighted by Gasteiger charge is 2.14. The van der Waals surface area contributed by atoms with Crippen molar-refractivity contribution in [3.63, 3.8) is 0 Å². The van der Waals surface area contributed by atoms with Crippen LogP contribution in [0.25, 0.3) is 22.0 Å². The van der Waals surface area contributed by atoms with E-state index in [4.69, 9.17) is 10.8 Å². The van der Waals surface area contributed by atoms with Crippen LogP contribution >= 0.6 is 0 Å². The van der Waals surface area contributed by atoms with E-state index in [-0.39, 0.29) is 0 Å². The van der Waals surface area contributed by atoms with Gasteiger partial charge in [-0.3, -0.25) is 9.89 Å². The summed E-state index contributed by atoms with van der Waals surface area (Å²) in [7, 11) is 0. The third kappa shape index (κ3) is 2.23. The molecule has 106 valence electrons. The summed E-state index contributed by atoms with van der Waals surface area (Å²) in [6, 6.07) is 13.3. The number of carboxylic acid groups (broad SMARTS) is 1. The topological polar surface area (TPSA) is 92.0 Å². The van der Waals surface area contributed by atoms with E-state index in [9.17, 15) is 4.79 Å². The number of hydrogen-bond acceptors (Lipinski definition) is 3. The minimum atomic E-state index is -0.830. The van der Waals surface area contributed by atoms with Gasteiger partial charge in [0, 0.05) is 0 Å². The van der Waals surface area contributed by atoms with Crippen molar-refractivity contribution in [2.24, 2.45) is 0 Å². The van der Waals surface area contributed by atoms with Gasteiger partial charge >= 0.3 is 5.97 Å². The number of aliphatic carboxylic acids is 1. The quantitative estimate of drug-likeness (QED) is 0.688. The molecule has 3 rings (SSSR count). The molecular weight excluding hydrogens is 266 g/mol. The Labute approximate surface area is 121 Å². The lowest BCUT2D eigenvalue weighted by Crippen LogP contribution is -2.06. The van der Waals surface area contributed by atoms with Crippen LogP contribution in [-0.2, 0) is 4.79 Å². The van der Waals surface area contributed by atoms with Gasteiger partial charge in [0.2, 0.25) is 0 Å². The van der Waals surface area contributed by atoms with Gasteiger partial charge in [-0.15, -0.1) is 0 Å². The van der Waals surface area contributed by atoms with Crippen molar-refractivity contribution in [2.45, 2.75) is 12.8 Å². The largest absolute Gasteiger partial charge is 0.481 e. The fourth-order valence-electron chi connectivity index (χ4n) is 2.43. The van der Waals surface area contributed by atoms with E-state index in [1.54, 1.807) is 6.92 Å². The molecule has 0 bridgehead atoms. The van der Waals surface area contributed by atoms with Crippen molar-refractivity contribution in [2.75, 3.05) is 5.73 Å². The lowest BCUT2D eigenvalue weighted by molar-refractivity contribution is -0.138. The monoisotopic (exact) mass is 281 g/mol. The molecule has 0 aliphatic rings. The second-order valence-electron chi connectivity index (χ2n) is 5.02. The van der Waals surface area contributed by atoms with E-state index >= 15 is 0 Å². The van der Waals surface area contributed by atoms with Crippen molar-refractivity contribution in [1.29, 1.82) is 0 Å². The summed E-state index contributed by atoms with van der Waals surface area (Å²) >= 11 is 0. The zero-order valence-electron chi connectivity index (χ0n) is 11.5. The van der Waals surface area contributed by atoms with Crippen LogP contribution in [0.5, 0.6) is 0 Å². The number of nitrogens with zero attached hydrogens (tertiary/aromatic N) is 1. The Hall–Kier alpha value is -2.82. The molecule has 0 amide bonds. The minimum absolute atomic E-state index is 0.462. The molecule has 0 spiro atoms. The Morgan fingerprint density at radius 1 is 1.24 bits per heavy atom. The van der Waals surface area contributed by atoms with Crippen molar-refractivity contribution >= 4 is 22.7 Å². The van der Waals surface area contributed by atoms with E-state index < -0.39 is 11.9 Å². The minimum Gasteiger partial charge on any atom is -0.481 e. The Kier molecular flexibility index (Phi) is 3.10. The number of aromatic amines is 1. The fraction of sp³-hybridized carbons (Fsp3) is 0.125. The summed E-state index contributed by atoms with van der Waals surface area (Å²) in [5.74, 6) is -0.888. The highest BCUT2D eigenvalue weighted by Crippen LogP contribution is 2.31. The third-order valence-corrected chi connectivity index (χ3v) is 3.71. The van der Waals surface area contributed by atoms with E-state index in [0.29, 0.717) is 5.82 Å². The van der Waals surface area contributed by atoms with Gasteiger partial charge in [0.25, 0.3) is 0 Å². The number of nitrogens with one attached hydrogen (secondary N) is 1. The second-order valence-corrected chi connectivity index (χ2v) is 5.02. The van der Waals surface area contributed by atoms with Crippen LogP contribution in [0.1, 0.15) is 18.4 Å². The molecule has 0 saturated heterocycles. The van der Waals surface area contributed by atoms with Gasteiger partial charge in [0.05, 0.1) is 16.8 Å². The number of fused-ring (bicyclic) bond motifs is 1. The summed E-state index contributed by atoms with van der Waals surface area (Å²) in [5.41, 5.74) is 9.53. The first-order valence-electron chi connectivity index (χ1n) is 6.63. The number of aromatic nitrogens is 2. The van der Waals surface area contributed by atoms with Crippen molar-refractivity contribution in [3.05, 3.63) is 48.0 Å². The number of anilines is 1. The highest BCUT2D eigenvalue weighted by molar-refractivity contribution is 6.01. The van der Waals surface area contributed by atoms with Crippen molar-refractivity contribution in [1.82, 2.24) is 10.2 Å². The zero-order chi connectivity index (χ0) is 15.0. The Morgan fingerprint density at radius 3 is 2.62 bits per heavy atom. The molecule has 21 heavy (non-hydrogen) atoms. The Morgan fingerprint density at radius 2 is 1.95 bits per heavy atom. The van der Waals surface area contributed by atoms with Crippen molar-refractivity contribution < 1.29 is 9.90 Å². The molecule has 0 fully saturated rings. The fourth-order valence-corrected chi connectivity index (χ4v) is 2.43. The van der Waals surface area contributed by atoms with Crippen LogP contribution in [0.15, 0.2) is 42.5 Å². The molecule has 1 heterocycles. The first-order valence-corrected chi connectivity index (χ1v) is 6.63. The molecule has 1 aromatic heterocycles. The molecule has 0 aliphatic heterocycles. The lowest BCUT2D eigenvalue weighted by atomic mass is 9.96. The summed E-state index contributed by atoms with van der Waals surface area (Å²) in [6.07, 6.45) is 0. The maximum absolute atomic E-state index is 11.0. The number of hydrogen-bond donors (Lipinski definition) is 3. The Bertz CT molecular complexity index is 806. The average molecular weight is 281 g/mol. The van der Waals surface area contributed by atoms with Crippen LogP contribution < -0.4 is 5.73 Å². The van der Waals surface area contributed by atoms with E-state index in [0.717, 1.165) is 27.6 Å². The normalized spacial score (nSPS) is 12.4. The van der Waals surface area contributed by atoms with Gasteiger partial charge in [-0.05, 0) is 29.7 Å². The van der Waals surface area contributed by atoms with Gasteiger partial charge in [-0.25, -0.2) is 0 Å². The smallest absolute Gasteiger partial charge is 0.310 e. The number of nitrogen functional groups attached to an aromatic ring is 1. The van der Waals surface area contributed by atoms with Gasteiger partial charge in [0.1, 0.15) is 0 Å². The zero-order valence-corrected chi connectivity index (χ0v) is 11.5. The molecule has 5 nitrogen and oxygen atoms in total. The molecule has 0 radical (unpaired) electrons. The summed E-state index contributed by atoms with van der Waals surface area (Å²) < 4.78 is 0. The number of benzene rings is 2. The molecule has 1 atom stereocenters. The summed E-state index contributed by atoms with van der Waals surface area (Å²) in [6.45, 7) is 1.67. The maximum Gasteiger partial charge on any atom is 0.310 e. The molecular formula is C16H15N3O2. The predicted octanol–water partition coefficient (Wildman–Crippen LogP) is 3.00. The van der Waals surface area contributed by atoms with E-state index in [2.05, 4.69) is 10.2 Å². The lowest BCUT2D eigenvalue weighted by Gasteiger charge is -2.09. The van der Waals surface area contributed by atoms with Crippen LogP contribution in [0.3, 0.4) is 0 Å². The predicted molar refractivity (Wildman–Crippen MR) is 82.0 cm³/mol. The third-order valence-electron chi connectivity index (χ3n) is 3.71. The highest BCUT2D eigenvalue weighted by atomic mass is 16.4. The number of carbonyl (C=O) groups is 1. The average Bonchev–Trinajstić information content (AvgIpc) is 2.88. The molecule has 0 aliphatic carbocycles. The first-order chi connectivity index (χ1) is 10.1. The van der Waals surface area contributed by atoms with Gasteiger partial charge in [0.15, 0.2) is 5.82 Å². The second kappa shape index (κ2) is 4.94. The van der Waals surface area contributed by atoms with Crippen LogP contribution in [0.2, 0.25) is 0 Å². The Balaban J connectivity index is 2.07. The van der Waals surface area contributed by atoms with E-state index in [1.165, 1.54) is 0 Å². The van der Waals surface area contributed by atoms with E-state index in [1.807, 2.05) is 42.5 Å². The van der Waals surface area contributed by atoms with Gasteiger partial charge in [-0.2, -0.15) is 5.10 Å². The van der Waals surface area contributed by atoms with Gasteiger partial charge in [-0.1, -0.05) is 36.4 Å².